The van der Waals surface area contributed by atoms with Gasteiger partial charge in [0.1, 0.15) is 0 Å². The third-order valence-electron chi connectivity index (χ3n) is 2.55. The molecule has 6 heteroatoms. The molecule has 0 fully saturated rings. The molecule has 0 aliphatic rings. The third kappa shape index (κ3) is 3.03. The van der Waals surface area contributed by atoms with Crippen molar-refractivity contribution in [1.82, 2.24) is 9.78 Å². The van der Waals surface area contributed by atoms with Crippen LogP contribution in [-0.4, -0.2) is 29.1 Å². The summed E-state index contributed by atoms with van der Waals surface area (Å²) in [5.74, 6) is 1.32. The van der Waals surface area contributed by atoms with Gasteiger partial charge in [-0.1, -0.05) is 0 Å². The number of hydrogen-bond acceptors (Lipinski definition) is 4. The van der Waals surface area contributed by atoms with E-state index in [1.54, 1.807) is 25.1 Å². The maximum Gasteiger partial charge on any atom is 0.198 e. The minimum absolute atomic E-state index is 0.500. The molecule has 0 saturated heterocycles. The van der Waals surface area contributed by atoms with Crippen molar-refractivity contribution in [3.63, 3.8) is 0 Å². The highest BCUT2D eigenvalue weighted by Gasteiger charge is 2.07. The molecule has 0 aliphatic carbocycles. The van der Waals surface area contributed by atoms with E-state index < -0.39 is 0 Å². The molecular weight excluding hydrogens is 262 g/mol. The van der Waals surface area contributed by atoms with Crippen LogP contribution in [0.3, 0.4) is 0 Å². The molecule has 0 amide bonds. The van der Waals surface area contributed by atoms with Gasteiger partial charge >= 0.3 is 0 Å². The van der Waals surface area contributed by atoms with E-state index in [2.05, 4.69) is 10.4 Å². The first-order valence-electron chi connectivity index (χ1n) is 5.68. The van der Waals surface area contributed by atoms with Crippen LogP contribution in [0.2, 0.25) is 0 Å². The molecule has 2 aromatic rings. The van der Waals surface area contributed by atoms with Gasteiger partial charge in [0.2, 0.25) is 0 Å². The number of aryl methyl sites for hydroxylation is 1. The van der Waals surface area contributed by atoms with Crippen LogP contribution in [-0.2, 0) is 0 Å². The summed E-state index contributed by atoms with van der Waals surface area (Å²) in [7, 11) is 3.19. The van der Waals surface area contributed by atoms with Gasteiger partial charge < -0.3 is 14.8 Å². The van der Waals surface area contributed by atoms with Crippen LogP contribution in [0.1, 0.15) is 5.56 Å². The fourth-order valence-corrected chi connectivity index (χ4v) is 1.84. The largest absolute Gasteiger partial charge is 0.493 e. The van der Waals surface area contributed by atoms with Crippen molar-refractivity contribution in [3.05, 3.63) is 36.2 Å². The number of thiocarbonyl (C=S) groups is 1. The Hall–Kier alpha value is -2.08. The van der Waals surface area contributed by atoms with Crippen molar-refractivity contribution in [2.24, 2.45) is 0 Å². The highest BCUT2D eigenvalue weighted by molar-refractivity contribution is 7.80. The lowest BCUT2D eigenvalue weighted by Gasteiger charge is -2.11. The van der Waals surface area contributed by atoms with Gasteiger partial charge in [0.25, 0.3) is 0 Å². The van der Waals surface area contributed by atoms with Crippen LogP contribution in [0.5, 0.6) is 11.5 Å². The van der Waals surface area contributed by atoms with Gasteiger partial charge in [-0.2, -0.15) is 5.10 Å². The Labute approximate surface area is 117 Å². The van der Waals surface area contributed by atoms with E-state index in [4.69, 9.17) is 21.7 Å². The molecule has 1 aromatic heterocycles. The van der Waals surface area contributed by atoms with Gasteiger partial charge in [0.15, 0.2) is 16.6 Å². The zero-order valence-electron chi connectivity index (χ0n) is 11.0. The van der Waals surface area contributed by atoms with E-state index in [-0.39, 0.29) is 0 Å². The van der Waals surface area contributed by atoms with Crippen molar-refractivity contribution < 1.29 is 9.47 Å². The number of hydrogen-bond donors (Lipinski definition) is 1. The Morgan fingerprint density at radius 2 is 2.00 bits per heavy atom. The lowest BCUT2D eigenvalue weighted by molar-refractivity contribution is 0.355. The number of nitrogens with one attached hydrogen (secondary N) is 1. The average Bonchev–Trinajstić information content (AvgIpc) is 2.85. The molecule has 1 N–H and O–H groups in total. The Bertz CT molecular complexity index is 595. The first-order chi connectivity index (χ1) is 9.13. The highest BCUT2D eigenvalue weighted by atomic mass is 32.1. The summed E-state index contributed by atoms with van der Waals surface area (Å²) >= 11 is 5.27. The van der Waals surface area contributed by atoms with E-state index in [1.807, 2.05) is 31.3 Å². The average molecular weight is 277 g/mol. The standard InChI is InChI=1S/C13H15N3O2S/c1-9-7-14-16(8-9)13(19)15-10-4-5-11(17-2)12(6-10)18-3/h4-8H,1-3H3,(H,15,19). The number of ether oxygens (including phenoxy) is 2. The first kappa shape index (κ1) is 13.4. The fourth-order valence-electron chi connectivity index (χ4n) is 1.62. The first-order valence-corrected chi connectivity index (χ1v) is 6.09. The monoisotopic (exact) mass is 277 g/mol. The molecule has 19 heavy (non-hydrogen) atoms. The molecular formula is C13H15N3O2S. The van der Waals surface area contributed by atoms with Crippen molar-refractivity contribution in [2.45, 2.75) is 6.92 Å². The predicted octanol–water partition coefficient (Wildman–Crippen LogP) is 2.45. The minimum atomic E-state index is 0.500. The van der Waals surface area contributed by atoms with Crippen LogP contribution < -0.4 is 14.8 Å². The molecule has 0 bridgehead atoms. The molecule has 0 spiro atoms. The summed E-state index contributed by atoms with van der Waals surface area (Å²) in [6, 6.07) is 5.50. The Kier molecular flexibility index (Phi) is 4.01. The second-order valence-electron chi connectivity index (χ2n) is 3.96. The van der Waals surface area contributed by atoms with Crippen LogP contribution >= 0.6 is 12.2 Å². The highest BCUT2D eigenvalue weighted by Crippen LogP contribution is 2.29. The van der Waals surface area contributed by atoms with E-state index in [1.165, 1.54) is 0 Å². The van der Waals surface area contributed by atoms with Crippen LogP contribution in [0.15, 0.2) is 30.6 Å². The third-order valence-corrected chi connectivity index (χ3v) is 2.84. The smallest absolute Gasteiger partial charge is 0.198 e. The van der Waals surface area contributed by atoms with Gasteiger partial charge in [-0.15, -0.1) is 0 Å². The summed E-state index contributed by atoms with van der Waals surface area (Å²) in [6.45, 7) is 1.96. The van der Waals surface area contributed by atoms with Gasteiger partial charge in [-0.25, -0.2) is 4.68 Å². The van der Waals surface area contributed by atoms with E-state index in [0.29, 0.717) is 16.6 Å². The van der Waals surface area contributed by atoms with Crippen LogP contribution in [0, 0.1) is 6.92 Å². The molecule has 1 heterocycles. The lowest BCUT2D eigenvalue weighted by atomic mass is 10.3. The summed E-state index contributed by atoms with van der Waals surface area (Å²) in [6.07, 6.45) is 3.61. The van der Waals surface area contributed by atoms with Crippen LogP contribution in [0.4, 0.5) is 5.69 Å². The molecule has 0 atom stereocenters. The number of aromatic nitrogens is 2. The molecule has 5 nitrogen and oxygen atoms in total. The Morgan fingerprint density at radius 1 is 1.26 bits per heavy atom. The normalized spacial score (nSPS) is 10.1. The summed E-state index contributed by atoms with van der Waals surface area (Å²) in [4.78, 5) is 0. The van der Waals surface area contributed by atoms with Crippen molar-refractivity contribution in [2.75, 3.05) is 19.5 Å². The number of benzene rings is 1. The summed E-state index contributed by atoms with van der Waals surface area (Å²) in [5, 5.41) is 7.74. The van der Waals surface area contributed by atoms with Gasteiger partial charge in [-0.05, 0) is 36.8 Å². The summed E-state index contributed by atoms with van der Waals surface area (Å²) < 4.78 is 12.0. The molecule has 0 aliphatic heterocycles. The second kappa shape index (κ2) is 5.71. The maximum atomic E-state index is 5.27. The van der Waals surface area contributed by atoms with Crippen molar-refractivity contribution in [1.29, 1.82) is 0 Å². The molecule has 0 radical (unpaired) electrons. The molecule has 0 saturated carbocycles. The minimum Gasteiger partial charge on any atom is -0.493 e. The van der Waals surface area contributed by atoms with Gasteiger partial charge in [-0.3, -0.25) is 0 Å². The van der Waals surface area contributed by atoms with E-state index in [0.717, 1.165) is 11.3 Å². The summed E-state index contributed by atoms with van der Waals surface area (Å²) in [5.41, 5.74) is 1.87. The van der Waals surface area contributed by atoms with Gasteiger partial charge in [0.05, 0.1) is 20.4 Å². The molecule has 2 rings (SSSR count). The number of anilines is 1. The Balaban J connectivity index is 2.17. The Morgan fingerprint density at radius 3 is 2.58 bits per heavy atom. The second-order valence-corrected chi connectivity index (χ2v) is 4.35. The number of nitrogens with zero attached hydrogens (tertiary/aromatic N) is 2. The molecule has 0 unspecified atom stereocenters. The quantitative estimate of drug-likeness (QED) is 0.873. The zero-order chi connectivity index (χ0) is 13.8. The fraction of sp³-hybridized carbons (Fsp3) is 0.231. The van der Waals surface area contributed by atoms with Crippen molar-refractivity contribution >= 4 is 23.0 Å². The van der Waals surface area contributed by atoms with Crippen molar-refractivity contribution in [3.8, 4) is 11.5 Å². The van der Waals surface area contributed by atoms with E-state index in [9.17, 15) is 0 Å². The maximum absolute atomic E-state index is 5.27. The van der Waals surface area contributed by atoms with Gasteiger partial charge in [0, 0.05) is 18.0 Å². The molecule has 100 valence electrons. The predicted molar refractivity (Wildman–Crippen MR) is 78.1 cm³/mol. The van der Waals surface area contributed by atoms with Crippen LogP contribution in [0.25, 0.3) is 0 Å². The molecule has 1 aromatic carbocycles. The number of methoxy groups -OCH3 is 2. The number of rotatable bonds is 3. The lowest BCUT2D eigenvalue weighted by Crippen LogP contribution is -2.19. The zero-order valence-corrected chi connectivity index (χ0v) is 11.8. The topological polar surface area (TPSA) is 48.3 Å². The van der Waals surface area contributed by atoms with E-state index >= 15 is 0 Å². The SMILES string of the molecule is COc1ccc(NC(=S)n2cc(C)cn2)cc1OC.